The van der Waals surface area contributed by atoms with Crippen LogP contribution in [0.2, 0.25) is 0 Å². The Kier molecular flexibility index (Phi) is 3.26. The molecule has 1 aliphatic heterocycles. The van der Waals surface area contributed by atoms with Crippen molar-refractivity contribution < 1.29 is 5.11 Å². The van der Waals surface area contributed by atoms with E-state index in [2.05, 4.69) is 29.8 Å². The van der Waals surface area contributed by atoms with Crippen LogP contribution in [0, 0.1) is 6.92 Å². The van der Waals surface area contributed by atoms with E-state index < -0.39 is 5.60 Å². The molecule has 1 aromatic rings. The average molecular weight is 220 g/mol. The molecular formula is C13H20N2O. The van der Waals surface area contributed by atoms with Crippen molar-refractivity contribution in [3.05, 3.63) is 29.6 Å². The van der Waals surface area contributed by atoms with Crippen LogP contribution in [0.5, 0.6) is 0 Å². The summed E-state index contributed by atoms with van der Waals surface area (Å²) >= 11 is 0. The fourth-order valence-corrected chi connectivity index (χ4v) is 2.42. The molecule has 0 radical (unpaired) electrons. The van der Waals surface area contributed by atoms with Gasteiger partial charge in [0.1, 0.15) is 0 Å². The molecule has 1 fully saturated rings. The fraction of sp³-hybridized carbons (Fsp3) is 0.615. The molecule has 0 unspecified atom stereocenters. The summed E-state index contributed by atoms with van der Waals surface area (Å²) in [6.45, 7) is 6.64. The Balaban J connectivity index is 1.88. The highest BCUT2D eigenvalue weighted by Gasteiger charge is 2.39. The molecule has 0 spiro atoms. The van der Waals surface area contributed by atoms with Gasteiger partial charge in [-0.05, 0) is 25.0 Å². The van der Waals surface area contributed by atoms with Crippen LogP contribution in [0.4, 0.5) is 0 Å². The molecule has 1 N–H and O–H groups in total. The molecule has 1 aliphatic rings. The Labute approximate surface area is 97.1 Å². The molecule has 3 heteroatoms. The van der Waals surface area contributed by atoms with Crippen molar-refractivity contribution in [1.29, 1.82) is 0 Å². The van der Waals surface area contributed by atoms with Gasteiger partial charge in [0.15, 0.2) is 0 Å². The highest BCUT2D eigenvalue weighted by atomic mass is 16.3. The van der Waals surface area contributed by atoms with Crippen LogP contribution in [0.25, 0.3) is 0 Å². The van der Waals surface area contributed by atoms with Gasteiger partial charge < -0.3 is 5.11 Å². The maximum absolute atomic E-state index is 10.1. The van der Waals surface area contributed by atoms with Gasteiger partial charge >= 0.3 is 0 Å². The summed E-state index contributed by atoms with van der Waals surface area (Å²) in [6.07, 6.45) is 3.79. The van der Waals surface area contributed by atoms with Gasteiger partial charge in [-0.3, -0.25) is 9.88 Å². The summed E-state index contributed by atoms with van der Waals surface area (Å²) in [6, 6.07) is 4.04. The lowest BCUT2D eigenvalue weighted by Crippen LogP contribution is -2.61. The van der Waals surface area contributed by atoms with E-state index in [1.54, 1.807) is 0 Å². The van der Waals surface area contributed by atoms with Crippen LogP contribution >= 0.6 is 0 Å². The van der Waals surface area contributed by atoms with E-state index in [0.29, 0.717) is 0 Å². The maximum Gasteiger partial charge on any atom is 0.0900 e. The van der Waals surface area contributed by atoms with Gasteiger partial charge in [-0.15, -0.1) is 0 Å². The third-order valence-corrected chi connectivity index (χ3v) is 3.24. The number of hydrogen-bond donors (Lipinski definition) is 1. The monoisotopic (exact) mass is 220 g/mol. The lowest BCUT2D eigenvalue weighted by Gasteiger charge is -2.46. The van der Waals surface area contributed by atoms with Gasteiger partial charge in [0.2, 0.25) is 0 Å². The van der Waals surface area contributed by atoms with Crippen LogP contribution in [-0.2, 0) is 6.54 Å². The zero-order chi connectivity index (χ0) is 11.6. The highest BCUT2D eigenvalue weighted by Crippen LogP contribution is 2.27. The van der Waals surface area contributed by atoms with Gasteiger partial charge in [0.25, 0.3) is 0 Å². The van der Waals surface area contributed by atoms with E-state index in [9.17, 15) is 5.11 Å². The summed E-state index contributed by atoms with van der Waals surface area (Å²) < 4.78 is 0. The minimum absolute atomic E-state index is 0.433. The molecule has 0 saturated carbocycles. The Morgan fingerprint density at radius 3 is 2.88 bits per heavy atom. The van der Waals surface area contributed by atoms with E-state index in [4.69, 9.17) is 0 Å². The van der Waals surface area contributed by atoms with Crippen LogP contribution in [0.3, 0.4) is 0 Å². The SMILES string of the molecule is CCCC1(O)CN(Cc2ncccc2C)C1. The van der Waals surface area contributed by atoms with Crippen LogP contribution in [0.1, 0.15) is 31.0 Å². The number of hydrogen-bond acceptors (Lipinski definition) is 3. The summed E-state index contributed by atoms with van der Waals surface area (Å²) in [5.41, 5.74) is 1.92. The minimum Gasteiger partial charge on any atom is -0.387 e. The summed E-state index contributed by atoms with van der Waals surface area (Å²) in [5, 5.41) is 10.1. The topological polar surface area (TPSA) is 36.4 Å². The first-order valence-corrected chi connectivity index (χ1v) is 5.98. The second-order valence-electron chi connectivity index (χ2n) is 4.89. The Morgan fingerprint density at radius 1 is 1.50 bits per heavy atom. The Hall–Kier alpha value is -0.930. The first kappa shape index (κ1) is 11.6. The standard InChI is InChI=1S/C13H20N2O/c1-3-6-13(16)9-15(10-13)8-12-11(2)5-4-7-14-12/h4-5,7,16H,3,6,8-10H2,1-2H3. The summed E-state index contributed by atoms with van der Waals surface area (Å²) in [4.78, 5) is 6.63. The molecule has 3 nitrogen and oxygen atoms in total. The number of aliphatic hydroxyl groups is 1. The van der Waals surface area contributed by atoms with E-state index >= 15 is 0 Å². The molecule has 0 aliphatic carbocycles. The van der Waals surface area contributed by atoms with Crippen molar-refractivity contribution in [2.75, 3.05) is 13.1 Å². The minimum atomic E-state index is -0.433. The van der Waals surface area contributed by atoms with Gasteiger partial charge in [-0.1, -0.05) is 19.4 Å². The third kappa shape index (κ3) is 2.42. The lowest BCUT2D eigenvalue weighted by molar-refractivity contribution is -0.107. The fourth-order valence-electron chi connectivity index (χ4n) is 2.42. The molecule has 0 bridgehead atoms. The molecule has 0 amide bonds. The van der Waals surface area contributed by atoms with Gasteiger partial charge in [0.05, 0.1) is 11.3 Å². The van der Waals surface area contributed by atoms with Crippen molar-refractivity contribution in [2.45, 2.75) is 38.8 Å². The van der Waals surface area contributed by atoms with Gasteiger partial charge in [0, 0.05) is 25.8 Å². The molecular weight excluding hydrogens is 200 g/mol. The van der Waals surface area contributed by atoms with Crippen LogP contribution in [0.15, 0.2) is 18.3 Å². The van der Waals surface area contributed by atoms with Crippen molar-refractivity contribution in [3.8, 4) is 0 Å². The zero-order valence-corrected chi connectivity index (χ0v) is 10.1. The van der Waals surface area contributed by atoms with Crippen molar-refractivity contribution >= 4 is 0 Å². The maximum atomic E-state index is 10.1. The number of nitrogens with zero attached hydrogens (tertiary/aromatic N) is 2. The summed E-state index contributed by atoms with van der Waals surface area (Å²) in [5.74, 6) is 0. The average Bonchev–Trinajstić information content (AvgIpc) is 2.19. The third-order valence-electron chi connectivity index (χ3n) is 3.24. The number of rotatable bonds is 4. The predicted octanol–water partition coefficient (Wildman–Crippen LogP) is 1.74. The quantitative estimate of drug-likeness (QED) is 0.839. The lowest BCUT2D eigenvalue weighted by atomic mass is 9.89. The van der Waals surface area contributed by atoms with Gasteiger partial charge in [-0.2, -0.15) is 0 Å². The van der Waals surface area contributed by atoms with E-state index in [1.165, 1.54) is 5.56 Å². The van der Waals surface area contributed by atoms with Crippen LogP contribution in [-0.4, -0.2) is 33.7 Å². The molecule has 2 heterocycles. The number of aromatic nitrogens is 1. The normalized spacial score (nSPS) is 19.4. The number of β-amino-alcohol motifs (C(OH)–C–C–N with tert-alkyl or cyclic N) is 1. The number of aryl methyl sites for hydroxylation is 1. The largest absolute Gasteiger partial charge is 0.387 e. The van der Waals surface area contributed by atoms with E-state index in [0.717, 1.165) is 38.2 Å². The smallest absolute Gasteiger partial charge is 0.0900 e. The van der Waals surface area contributed by atoms with E-state index in [-0.39, 0.29) is 0 Å². The van der Waals surface area contributed by atoms with E-state index in [1.807, 2.05) is 12.3 Å². The predicted molar refractivity (Wildman–Crippen MR) is 64.1 cm³/mol. The van der Waals surface area contributed by atoms with Crippen molar-refractivity contribution in [2.24, 2.45) is 0 Å². The Morgan fingerprint density at radius 2 is 2.25 bits per heavy atom. The molecule has 1 saturated heterocycles. The first-order valence-electron chi connectivity index (χ1n) is 5.98. The summed E-state index contributed by atoms with van der Waals surface area (Å²) in [7, 11) is 0. The molecule has 0 aromatic carbocycles. The zero-order valence-electron chi connectivity index (χ0n) is 10.1. The first-order chi connectivity index (χ1) is 7.63. The molecule has 1 aromatic heterocycles. The molecule has 88 valence electrons. The number of likely N-dealkylation sites (tertiary alicyclic amines) is 1. The Bertz CT molecular complexity index is 359. The second kappa shape index (κ2) is 4.52. The molecule has 0 atom stereocenters. The number of pyridine rings is 1. The van der Waals surface area contributed by atoms with Crippen molar-refractivity contribution in [1.82, 2.24) is 9.88 Å². The van der Waals surface area contributed by atoms with Crippen molar-refractivity contribution in [3.63, 3.8) is 0 Å². The highest BCUT2D eigenvalue weighted by molar-refractivity contribution is 5.18. The second-order valence-corrected chi connectivity index (χ2v) is 4.89. The molecule has 16 heavy (non-hydrogen) atoms. The molecule has 2 rings (SSSR count). The van der Waals surface area contributed by atoms with Gasteiger partial charge in [-0.25, -0.2) is 0 Å². The van der Waals surface area contributed by atoms with Crippen LogP contribution < -0.4 is 0 Å².